The largest absolute Gasteiger partial charge is 0.314 e. The molecule has 4 rings (SSSR count). The van der Waals surface area contributed by atoms with Crippen molar-refractivity contribution in [1.82, 2.24) is 25.2 Å². The fraction of sp³-hybridized carbons (Fsp3) is 0.263. The van der Waals surface area contributed by atoms with Gasteiger partial charge >= 0.3 is 0 Å². The van der Waals surface area contributed by atoms with E-state index in [4.69, 9.17) is 0 Å². The zero-order valence-corrected chi connectivity index (χ0v) is 15.1. The fourth-order valence-corrected chi connectivity index (χ4v) is 3.26. The average Bonchev–Trinajstić information content (AvgIpc) is 3.11. The van der Waals surface area contributed by atoms with Gasteiger partial charge in [-0.1, -0.05) is 35.5 Å². The minimum absolute atomic E-state index is 0. The highest BCUT2D eigenvalue weighted by atomic mass is 35.5. The molecule has 1 fully saturated rings. The second-order valence-corrected chi connectivity index (χ2v) is 6.24. The normalized spacial score (nSPS) is 17.7. The maximum Gasteiger partial charge on any atom is 0.123 e. The Morgan fingerprint density at radius 2 is 1.96 bits per heavy atom. The van der Waals surface area contributed by atoms with Gasteiger partial charge in [-0.05, 0) is 29.8 Å². The molecular formula is C19H21ClFN5. The van der Waals surface area contributed by atoms with Crippen LogP contribution in [0.5, 0.6) is 0 Å². The first-order chi connectivity index (χ1) is 12.3. The van der Waals surface area contributed by atoms with Crippen molar-refractivity contribution >= 4 is 12.4 Å². The number of para-hydroxylation sites is 1. The lowest BCUT2D eigenvalue weighted by atomic mass is 10.0. The van der Waals surface area contributed by atoms with Crippen molar-refractivity contribution in [3.63, 3.8) is 0 Å². The Bertz CT molecular complexity index is 839. The zero-order valence-electron chi connectivity index (χ0n) is 14.3. The predicted molar refractivity (Wildman–Crippen MR) is 101 cm³/mol. The SMILES string of the molecule is Cl.Fc1cccc(C2CNCCN2Cc2cn(-c3ccccc3)nn2)c1. The van der Waals surface area contributed by atoms with E-state index in [1.807, 2.05) is 42.6 Å². The van der Waals surface area contributed by atoms with E-state index < -0.39 is 0 Å². The number of halogens is 2. The van der Waals surface area contributed by atoms with Crippen LogP contribution in [-0.4, -0.2) is 39.5 Å². The Morgan fingerprint density at radius 1 is 1.12 bits per heavy atom. The quantitative estimate of drug-likeness (QED) is 0.763. The maximum atomic E-state index is 13.6. The summed E-state index contributed by atoms with van der Waals surface area (Å²) in [6.07, 6.45) is 1.96. The van der Waals surface area contributed by atoms with Crippen molar-refractivity contribution < 1.29 is 4.39 Å². The van der Waals surface area contributed by atoms with Crippen molar-refractivity contribution in [3.05, 3.63) is 77.9 Å². The summed E-state index contributed by atoms with van der Waals surface area (Å²) in [6, 6.07) is 16.9. The number of rotatable bonds is 4. The first-order valence-electron chi connectivity index (χ1n) is 8.46. The summed E-state index contributed by atoms with van der Waals surface area (Å²) < 4.78 is 15.4. The highest BCUT2D eigenvalue weighted by Crippen LogP contribution is 2.24. The van der Waals surface area contributed by atoms with Gasteiger partial charge in [0.2, 0.25) is 0 Å². The number of nitrogens with zero attached hydrogens (tertiary/aromatic N) is 4. The number of hydrogen-bond acceptors (Lipinski definition) is 4. The molecule has 0 radical (unpaired) electrons. The highest BCUT2D eigenvalue weighted by molar-refractivity contribution is 5.85. The molecule has 1 saturated heterocycles. The summed E-state index contributed by atoms with van der Waals surface area (Å²) in [5, 5.41) is 11.9. The molecule has 2 heterocycles. The van der Waals surface area contributed by atoms with Gasteiger partial charge in [0.15, 0.2) is 0 Å². The fourth-order valence-electron chi connectivity index (χ4n) is 3.26. The predicted octanol–water partition coefficient (Wildman–Crippen LogP) is 2.97. The number of benzene rings is 2. The summed E-state index contributed by atoms with van der Waals surface area (Å²) in [4.78, 5) is 2.32. The number of nitrogens with one attached hydrogen (secondary N) is 1. The Hall–Kier alpha value is -2.28. The van der Waals surface area contributed by atoms with E-state index in [9.17, 15) is 4.39 Å². The molecule has 1 unspecified atom stereocenters. The standard InChI is InChI=1S/C19H20FN5.ClH/c20-16-6-4-5-15(11-16)19-12-21-9-10-24(19)13-17-14-25(23-22-17)18-7-2-1-3-8-18;/h1-8,11,14,19,21H,9-10,12-13H2;1H. The van der Waals surface area contributed by atoms with Crippen LogP contribution < -0.4 is 5.32 Å². The first-order valence-corrected chi connectivity index (χ1v) is 8.46. The van der Waals surface area contributed by atoms with Gasteiger partial charge in [-0.15, -0.1) is 17.5 Å². The molecule has 5 nitrogen and oxygen atoms in total. The zero-order chi connectivity index (χ0) is 17.1. The molecule has 0 saturated carbocycles. The minimum Gasteiger partial charge on any atom is -0.314 e. The van der Waals surface area contributed by atoms with Crippen LogP contribution >= 0.6 is 12.4 Å². The highest BCUT2D eigenvalue weighted by Gasteiger charge is 2.25. The third-order valence-electron chi connectivity index (χ3n) is 4.51. The molecule has 0 aliphatic carbocycles. The van der Waals surface area contributed by atoms with Crippen molar-refractivity contribution in [2.45, 2.75) is 12.6 Å². The minimum atomic E-state index is -0.196. The third kappa shape index (κ3) is 4.09. The Labute approximate surface area is 158 Å². The van der Waals surface area contributed by atoms with Crippen LogP contribution in [0.2, 0.25) is 0 Å². The van der Waals surface area contributed by atoms with Gasteiger partial charge in [-0.2, -0.15) is 0 Å². The Balaban J connectivity index is 0.00000196. The van der Waals surface area contributed by atoms with Crippen molar-refractivity contribution in [2.75, 3.05) is 19.6 Å². The van der Waals surface area contributed by atoms with E-state index in [0.29, 0.717) is 6.54 Å². The molecular weight excluding hydrogens is 353 g/mol. The molecule has 0 amide bonds. The molecule has 1 aliphatic rings. The second-order valence-electron chi connectivity index (χ2n) is 6.24. The van der Waals surface area contributed by atoms with Gasteiger partial charge in [0.05, 0.1) is 17.6 Å². The van der Waals surface area contributed by atoms with E-state index in [0.717, 1.165) is 36.6 Å². The van der Waals surface area contributed by atoms with Crippen LogP contribution in [0.1, 0.15) is 17.3 Å². The summed E-state index contributed by atoms with van der Waals surface area (Å²) in [5.41, 5.74) is 2.89. The molecule has 136 valence electrons. The second kappa shape index (κ2) is 8.40. The van der Waals surface area contributed by atoms with E-state index in [1.165, 1.54) is 6.07 Å². The maximum absolute atomic E-state index is 13.6. The van der Waals surface area contributed by atoms with Gasteiger partial charge in [0, 0.05) is 32.2 Å². The van der Waals surface area contributed by atoms with E-state index in [-0.39, 0.29) is 24.3 Å². The lowest BCUT2D eigenvalue weighted by Crippen LogP contribution is -2.45. The molecule has 1 aliphatic heterocycles. The summed E-state index contributed by atoms with van der Waals surface area (Å²) in [7, 11) is 0. The summed E-state index contributed by atoms with van der Waals surface area (Å²) in [5.74, 6) is -0.196. The van der Waals surface area contributed by atoms with E-state index in [1.54, 1.807) is 16.8 Å². The van der Waals surface area contributed by atoms with Crippen LogP contribution in [-0.2, 0) is 6.54 Å². The average molecular weight is 374 g/mol. The monoisotopic (exact) mass is 373 g/mol. The van der Waals surface area contributed by atoms with Gasteiger partial charge in [-0.3, -0.25) is 4.90 Å². The molecule has 1 N–H and O–H groups in total. The molecule has 1 atom stereocenters. The summed E-state index contributed by atoms with van der Waals surface area (Å²) >= 11 is 0. The molecule has 1 aromatic heterocycles. The van der Waals surface area contributed by atoms with Gasteiger partial charge in [0.1, 0.15) is 5.82 Å². The lowest BCUT2D eigenvalue weighted by molar-refractivity contribution is 0.151. The number of piperazine rings is 1. The van der Waals surface area contributed by atoms with Crippen molar-refractivity contribution in [3.8, 4) is 5.69 Å². The van der Waals surface area contributed by atoms with E-state index in [2.05, 4.69) is 20.5 Å². The van der Waals surface area contributed by atoms with Crippen LogP contribution in [0, 0.1) is 5.82 Å². The van der Waals surface area contributed by atoms with Gasteiger partial charge < -0.3 is 5.32 Å². The third-order valence-corrected chi connectivity index (χ3v) is 4.51. The van der Waals surface area contributed by atoms with Crippen LogP contribution in [0.4, 0.5) is 4.39 Å². The smallest absolute Gasteiger partial charge is 0.123 e. The van der Waals surface area contributed by atoms with Crippen molar-refractivity contribution in [1.29, 1.82) is 0 Å². The summed E-state index contributed by atoms with van der Waals surface area (Å²) in [6.45, 7) is 3.30. The Morgan fingerprint density at radius 3 is 2.77 bits per heavy atom. The lowest BCUT2D eigenvalue weighted by Gasteiger charge is -2.36. The van der Waals surface area contributed by atoms with Crippen LogP contribution in [0.25, 0.3) is 5.69 Å². The molecule has 3 aromatic rings. The number of aromatic nitrogens is 3. The topological polar surface area (TPSA) is 46.0 Å². The van der Waals surface area contributed by atoms with Crippen molar-refractivity contribution in [2.24, 2.45) is 0 Å². The molecule has 7 heteroatoms. The number of hydrogen-bond donors (Lipinski definition) is 1. The molecule has 2 aromatic carbocycles. The Kier molecular flexibility index (Phi) is 5.98. The van der Waals surface area contributed by atoms with Crippen LogP contribution in [0.3, 0.4) is 0 Å². The first kappa shape index (κ1) is 18.5. The molecule has 0 spiro atoms. The van der Waals surface area contributed by atoms with Crippen LogP contribution in [0.15, 0.2) is 60.8 Å². The van der Waals surface area contributed by atoms with Gasteiger partial charge in [0.25, 0.3) is 0 Å². The van der Waals surface area contributed by atoms with Gasteiger partial charge in [-0.25, -0.2) is 9.07 Å². The molecule has 26 heavy (non-hydrogen) atoms. The van der Waals surface area contributed by atoms with E-state index >= 15 is 0 Å². The molecule has 0 bridgehead atoms.